The van der Waals surface area contributed by atoms with Crippen LogP contribution in [0.15, 0.2) is 30.0 Å². The van der Waals surface area contributed by atoms with Gasteiger partial charge in [0.15, 0.2) is 0 Å². The van der Waals surface area contributed by atoms with Gasteiger partial charge in [-0.15, -0.1) is 5.73 Å². The first-order valence-corrected chi connectivity index (χ1v) is 9.88. The summed E-state index contributed by atoms with van der Waals surface area (Å²) in [5, 5.41) is 0. The van der Waals surface area contributed by atoms with Gasteiger partial charge in [-0.3, -0.25) is 4.79 Å². The van der Waals surface area contributed by atoms with E-state index in [0.29, 0.717) is 6.61 Å². The maximum absolute atomic E-state index is 10.8. The Morgan fingerprint density at radius 2 is 2.17 bits per heavy atom. The molecule has 0 radical (unpaired) electrons. The summed E-state index contributed by atoms with van der Waals surface area (Å²) in [7, 11) is -1.21. The van der Waals surface area contributed by atoms with Crippen molar-refractivity contribution in [3.63, 3.8) is 0 Å². The largest absolute Gasteiger partial charge is 0.456 e. The van der Waals surface area contributed by atoms with Crippen molar-refractivity contribution < 1.29 is 14.3 Å². The summed E-state index contributed by atoms with van der Waals surface area (Å²) in [5.74, 6) is -0.284. The zero-order valence-corrected chi connectivity index (χ0v) is 12.7. The van der Waals surface area contributed by atoms with Crippen molar-refractivity contribution in [1.29, 1.82) is 0 Å². The van der Waals surface area contributed by atoms with Crippen LogP contribution >= 0.6 is 0 Å². The molecule has 0 saturated carbocycles. The smallest absolute Gasteiger partial charge is 0.303 e. The quantitative estimate of drug-likeness (QED) is 0.340. The maximum Gasteiger partial charge on any atom is 0.303 e. The Hall–Kier alpha value is -1.09. The van der Waals surface area contributed by atoms with Crippen LogP contribution in [-0.4, -0.2) is 32.9 Å². The van der Waals surface area contributed by atoms with E-state index >= 15 is 0 Å². The van der Waals surface area contributed by atoms with E-state index in [9.17, 15) is 4.79 Å². The lowest BCUT2D eigenvalue weighted by molar-refractivity contribution is -0.147. The monoisotopic (exact) mass is 266 g/mol. The van der Waals surface area contributed by atoms with E-state index in [0.717, 1.165) is 11.6 Å². The highest BCUT2D eigenvalue weighted by Gasteiger charge is 2.24. The molecule has 4 heteroatoms. The van der Waals surface area contributed by atoms with Crippen molar-refractivity contribution in [3.05, 3.63) is 30.0 Å². The van der Waals surface area contributed by atoms with Gasteiger partial charge in [0.05, 0.1) is 6.61 Å². The molecule has 0 amide bonds. The second-order valence-electron chi connectivity index (χ2n) is 5.73. The number of rotatable bonds is 4. The molecule has 0 fully saturated rings. The molecule has 1 aliphatic heterocycles. The average Bonchev–Trinajstić information content (AvgIpc) is 2.25. The molecule has 3 nitrogen and oxygen atoms in total. The van der Waals surface area contributed by atoms with Crippen molar-refractivity contribution in [2.75, 3.05) is 6.61 Å². The number of hydrogen-bond donors (Lipinski definition) is 0. The van der Waals surface area contributed by atoms with E-state index in [4.69, 9.17) is 9.47 Å². The summed E-state index contributed by atoms with van der Waals surface area (Å²) >= 11 is 0. The zero-order valence-electron chi connectivity index (χ0n) is 11.7. The standard InChI is InChI=1S/C14H22O3Si/c1-6-12(10-18(3,4)5)14-8-7-13(9-16-14)17-11(2)15/h7-8,13-14H,1,9-10H2,2-5H3/t13-,14+/m0/s1. The molecule has 0 bridgehead atoms. The maximum atomic E-state index is 10.8. The highest BCUT2D eigenvalue weighted by atomic mass is 28.3. The Balaban J connectivity index is 2.65. The van der Waals surface area contributed by atoms with E-state index < -0.39 is 8.07 Å². The summed E-state index contributed by atoms with van der Waals surface area (Å²) < 4.78 is 10.8. The third kappa shape index (κ3) is 5.04. The van der Waals surface area contributed by atoms with Gasteiger partial charge in [-0.2, -0.15) is 0 Å². The normalized spacial score (nSPS) is 23.3. The van der Waals surface area contributed by atoms with Crippen molar-refractivity contribution in [3.8, 4) is 0 Å². The fourth-order valence-corrected chi connectivity index (χ4v) is 3.34. The van der Waals surface area contributed by atoms with Gasteiger partial charge < -0.3 is 9.47 Å². The Morgan fingerprint density at radius 3 is 2.56 bits per heavy atom. The van der Waals surface area contributed by atoms with Crippen LogP contribution in [0.1, 0.15) is 6.92 Å². The van der Waals surface area contributed by atoms with Crippen molar-refractivity contribution in [1.82, 2.24) is 0 Å². The number of carbonyl (C=O) groups is 1. The van der Waals surface area contributed by atoms with Crippen LogP contribution in [0.5, 0.6) is 0 Å². The summed E-state index contributed by atoms with van der Waals surface area (Å²) in [6.45, 7) is 12.5. The fourth-order valence-electron chi connectivity index (χ4n) is 1.87. The lowest BCUT2D eigenvalue weighted by atomic mass is 10.1. The molecule has 18 heavy (non-hydrogen) atoms. The summed E-state index contributed by atoms with van der Waals surface area (Å²) in [5.41, 5.74) is 4.10. The van der Waals surface area contributed by atoms with E-state index in [2.05, 4.69) is 32.0 Å². The fraction of sp³-hybridized carbons (Fsp3) is 0.571. The van der Waals surface area contributed by atoms with Crippen LogP contribution < -0.4 is 0 Å². The molecule has 1 heterocycles. The molecule has 0 aromatic heterocycles. The average molecular weight is 266 g/mol. The number of carbonyl (C=O) groups excluding carboxylic acids is 1. The van der Waals surface area contributed by atoms with Crippen LogP contribution in [0.25, 0.3) is 0 Å². The van der Waals surface area contributed by atoms with Crippen LogP contribution in [0, 0.1) is 0 Å². The first-order chi connectivity index (χ1) is 8.31. The molecular weight excluding hydrogens is 244 g/mol. The van der Waals surface area contributed by atoms with Crippen molar-refractivity contribution in [2.24, 2.45) is 0 Å². The molecule has 0 aromatic rings. The second kappa shape index (κ2) is 6.18. The van der Waals surface area contributed by atoms with E-state index in [1.54, 1.807) is 0 Å². The van der Waals surface area contributed by atoms with Gasteiger partial charge in [-0.05, 0) is 12.1 Å². The molecule has 2 atom stereocenters. The van der Waals surface area contributed by atoms with Gasteiger partial charge in [0.25, 0.3) is 0 Å². The molecule has 0 aromatic carbocycles. The van der Waals surface area contributed by atoms with Crippen LogP contribution in [0.4, 0.5) is 0 Å². The van der Waals surface area contributed by atoms with Gasteiger partial charge in [0.2, 0.25) is 0 Å². The number of esters is 1. The highest BCUT2D eigenvalue weighted by Crippen LogP contribution is 2.23. The van der Waals surface area contributed by atoms with Gasteiger partial charge in [0, 0.05) is 20.6 Å². The lowest BCUT2D eigenvalue weighted by Gasteiger charge is -2.27. The van der Waals surface area contributed by atoms with Gasteiger partial charge >= 0.3 is 5.97 Å². The number of ether oxygens (including phenoxy) is 2. The molecule has 0 unspecified atom stereocenters. The minimum atomic E-state index is -1.21. The Labute approximate surface area is 110 Å². The van der Waals surface area contributed by atoms with Crippen molar-refractivity contribution in [2.45, 2.75) is 44.8 Å². The minimum absolute atomic E-state index is 0.0685. The van der Waals surface area contributed by atoms with E-state index in [1.807, 2.05) is 12.2 Å². The third-order valence-corrected chi connectivity index (χ3v) is 3.99. The third-order valence-electron chi connectivity index (χ3n) is 2.55. The summed E-state index contributed by atoms with van der Waals surface area (Å²) in [6, 6.07) is 1.02. The molecular formula is C14H22O3Si. The predicted molar refractivity (Wildman–Crippen MR) is 75.2 cm³/mol. The first-order valence-electron chi connectivity index (χ1n) is 6.18. The number of hydrogen-bond acceptors (Lipinski definition) is 3. The lowest BCUT2D eigenvalue weighted by Crippen LogP contribution is -2.31. The Bertz CT molecular complexity index is 386. The molecule has 0 N–H and O–H groups in total. The van der Waals surface area contributed by atoms with Gasteiger partial charge in [-0.25, -0.2) is 0 Å². The SMILES string of the molecule is C=C=C(C[Si](C)(C)C)[C@H]1C=C[C@H](OC(C)=O)CO1. The second-order valence-corrected chi connectivity index (χ2v) is 11.2. The molecule has 0 saturated heterocycles. The zero-order chi connectivity index (χ0) is 13.8. The van der Waals surface area contributed by atoms with Gasteiger partial charge in [-0.1, -0.05) is 32.3 Å². The molecule has 1 aliphatic rings. The molecule has 1 rings (SSSR count). The predicted octanol–water partition coefficient (Wildman–Crippen LogP) is 2.92. The Morgan fingerprint density at radius 1 is 1.50 bits per heavy atom. The van der Waals surface area contributed by atoms with E-state index in [-0.39, 0.29) is 18.2 Å². The van der Waals surface area contributed by atoms with Crippen molar-refractivity contribution >= 4 is 14.0 Å². The summed E-state index contributed by atoms with van der Waals surface area (Å²) in [4.78, 5) is 10.8. The van der Waals surface area contributed by atoms with E-state index in [1.165, 1.54) is 6.92 Å². The van der Waals surface area contributed by atoms with Crippen LogP contribution in [0.2, 0.25) is 25.7 Å². The summed E-state index contributed by atoms with van der Waals surface area (Å²) in [6.07, 6.45) is 3.49. The topological polar surface area (TPSA) is 35.5 Å². The first kappa shape index (κ1) is 15.0. The van der Waals surface area contributed by atoms with Crippen LogP contribution in [-0.2, 0) is 14.3 Å². The highest BCUT2D eigenvalue weighted by molar-refractivity contribution is 6.76. The molecule has 0 spiro atoms. The van der Waals surface area contributed by atoms with Crippen LogP contribution in [0.3, 0.4) is 0 Å². The molecule has 0 aliphatic carbocycles. The van der Waals surface area contributed by atoms with Gasteiger partial charge in [0.1, 0.15) is 12.2 Å². The minimum Gasteiger partial charge on any atom is -0.456 e. The molecule has 100 valence electrons. The Kier molecular flexibility index (Phi) is 5.14.